The second kappa shape index (κ2) is 57.8. The Bertz CT molecular complexity index is 1620. The van der Waals surface area contributed by atoms with Gasteiger partial charge in [-0.2, -0.15) is 0 Å². The summed E-state index contributed by atoms with van der Waals surface area (Å²) in [7, 11) is 1.53. The molecule has 8 nitrogen and oxygen atoms in total. The van der Waals surface area contributed by atoms with Gasteiger partial charge in [-0.1, -0.05) is 271 Å². The standard InChI is InChI=1S/C68H121N2O6P/c1-6-8-10-12-14-16-18-20-22-24-26-28-30-32-34-36-37-39-41-43-45-47-49-51-53-55-57-59-61-67(71)66(65-76-77(73,74)75-64-63-70(3,4)5)69-68(72)62-60-58-56-54-52-50-48-46-44-42-40-38-35-33-31-29-27-25-23-21-19-17-15-13-11-9-7-2/h9,11,15,17,21,23,27,29,33,35,40,42-43,45,51,53,59,61,66-67,71H,6-8,10,12-14,16,18-20,22,24-26,28,30-32,34,36-39,41,44,46-50,52,54-58,60,62-65H2,1-5H3,(H-,69,72,73,74)/p+1/b11-9-,17-15-,23-21-,29-27-,35-33-,42-40-,45-43+,53-51+,61-59+. The number of rotatable bonds is 57. The van der Waals surface area contributed by atoms with E-state index in [9.17, 15) is 19.4 Å². The lowest BCUT2D eigenvalue weighted by Crippen LogP contribution is -2.45. The molecule has 444 valence electrons. The number of phosphoric ester groups is 1. The molecule has 0 spiro atoms. The van der Waals surface area contributed by atoms with Crippen LogP contribution in [0.25, 0.3) is 0 Å². The van der Waals surface area contributed by atoms with Crippen LogP contribution in [0.5, 0.6) is 0 Å². The lowest BCUT2D eigenvalue weighted by molar-refractivity contribution is -0.870. The highest BCUT2D eigenvalue weighted by molar-refractivity contribution is 7.47. The Balaban J connectivity index is 4.27. The van der Waals surface area contributed by atoms with Gasteiger partial charge in [0.2, 0.25) is 5.91 Å². The number of nitrogens with zero attached hydrogens (tertiary/aromatic N) is 1. The summed E-state index contributed by atoms with van der Waals surface area (Å²) >= 11 is 0. The molecule has 0 aromatic carbocycles. The van der Waals surface area contributed by atoms with Crippen LogP contribution in [-0.4, -0.2) is 73.4 Å². The zero-order valence-corrected chi connectivity index (χ0v) is 51.6. The summed E-state index contributed by atoms with van der Waals surface area (Å²) in [5.41, 5.74) is 0. The van der Waals surface area contributed by atoms with Crippen molar-refractivity contribution in [1.29, 1.82) is 0 Å². The number of phosphoric acid groups is 1. The number of quaternary nitrogens is 1. The van der Waals surface area contributed by atoms with Crippen molar-refractivity contribution in [1.82, 2.24) is 5.32 Å². The molecule has 0 fully saturated rings. The number of unbranched alkanes of at least 4 members (excludes halogenated alkanes) is 28. The Kier molecular flexibility index (Phi) is 55.7. The van der Waals surface area contributed by atoms with Gasteiger partial charge >= 0.3 is 7.82 Å². The van der Waals surface area contributed by atoms with E-state index in [1.807, 2.05) is 27.2 Å². The highest BCUT2D eigenvalue weighted by Crippen LogP contribution is 2.43. The van der Waals surface area contributed by atoms with E-state index < -0.39 is 20.0 Å². The van der Waals surface area contributed by atoms with Crippen LogP contribution in [0.15, 0.2) is 109 Å². The molecule has 3 unspecified atom stereocenters. The molecule has 3 atom stereocenters. The lowest BCUT2D eigenvalue weighted by atomic mass is 10.0. The smallest absolute Gasteiger partial charge is 0.387 e. The predicted octanol–water partition coefficient (Wildman–Crippen LogP) is 19.9. The van der Waals surface area contributed by atoms with Gasteiger partial charge in [0.15, 0.2) is 0 Å². The summed E-state index contributed by atoms with van der Waals surface area (Å²) in [5.74, 6) is -0.202. The van der Waals surface area contributed by atoms with Crippen LogP contribution in [0.3, 0.4) is 0 Å². The third-order valence-electron chi connectivity index (χ3n) is 13.7. The van der Waals surface area contributed by atoms with E-state index in [1.54, 1.807) is 6.08 Å². The monoisotopic (exact) mass is 1090 g/mol. The largest absolute Gasteiger partial charge is 0.472 e. The summed E-state index contributed by atoms with van der Waals surface area (Å²) in [6.45, 7) is 4.68. The van der Waals surface area contributed by atoms with Crippen LogP contribution in [0, 0.1) is 0 Å². The fourth-order valence-electron chi connectivity index (χ4n) is 8.78. The van der Waals surface area contributed by atoms with Gasteiger partial charge < -0.3 is 19.8 Å². The number of hydrogen-bond donors (Lipinski definition) is 3. The van der Waals surface area contributed by atoms with Crippen molar-refractivity contribution in [2.45, 2.75) is 276 Å². The second-order valence-corrected chi connectivity index (χ2v) is 23.8. The molecule has 0 aromatic rings. The summed E-state index contributed by atoms with van der Waals surface area (Å²) in [4.78, 5) is 23.4. The summed E-state index contributed by atoms with van der Waals surface area (Å²) in [6, 6.07) is -0.884. The van der Waals surface area contributed by atoms with Gasteiger partial charge in [-0.3, -0.25) is 13.8 Å². The van der Waals surface area contributed by atoms with E-state index in [4.69, 9.17) is 9.05 Å². The van der Waals surface area contributed by atoms with E-state index >= 15 is 0 Å². The fraction of sp³-hybridized carbons (Fsp3) is 0.721. The number of nitrogens with one attached hydrogen (secondary N) is 1. The molecule has 0 aliphatic heterocycles. The van der Waals surface area contributed by atoms with Crippen molar-refractivity contribution in [2.24, 2.45) is 0 Å². The van der Waals surface area contributed by atoms with Crippen molar-refractivity contribution in [3.8, 4) is 0 Å². The molecule has 0 aromatic heterocycles. The molecule has 0 radical (unpaired) electrons. The quantitative estimate of drug-likeness (QED) is 0.0243. The second-order valence-electron chi connectivity index (χ2n) is 22.4. The van der Waals surface area contributed by atoms with Crippen LogP contribution in [0.2, 0.25) is 0 Å². The van der Waals surface area contributed by atoms with Crippen molar-refractivity contribution in [2.75, 3.05) is 40.9 Å². The summed E-state index contributed by atoms with van der Waals surface area (Å²) in [5, 5.41) is 13.9. The first kappa shape index (κ1) is 74.2. The first-order chi connectivity index (χ1) is 37.5. The molecule has 0 saturated heterocycles. The number of hydrogen-bond acceptors (Lipinski definition) is 5. The maximum atomic E-state index is 13.0. The number of allylic oxidation sites excluding steroid dienone is 17. The summed E-state index contributed by atoms with van der Waals surface area (Å²) in [6.07, 6.45) is 85.0. The maximum absolute atomic E-state index is 13.0. The van der Waals surface area contributed by atoms with E-state index in [2.05, 4.69) is 116 Å². The zero-order valence-electron chi connectivity index (χ0n) is 50.7. The van der Waals surface area contributed by atoms with Crippen LogP contribution in [-0.2, 0) is 18.4 Å². The maximum Gasteiger partial charge on any atom is 0.472 e. The third kappa shape index (κ3) is 60.6. The fourth-order valence-corrected chi connectivity index (χ4v) is 9.52. The minimum absolute atomic E-state index is 0.0462. The first-order valence-corrected chi connectivity index (χ1v) is 33.3. The molecule has 0 heterocycles. The average Bonchev–Trinajstić information content (AvgIpc) is 3.39. The van der Waals surface area contributed by atoms with E-state index in [-0.39, 0.29) is 19.1 Å². The van der Waals surface area contributed by atoms with Gasteiger partial charge in [0, 0.05) is 6.42 Å². The van der Waals surface area contributed by atoms with Crippen LogP contribution in [0.1, 0.15) is 264 Å². The van der Waals surface area contributed by atoms with Gasteiger partial charge in [0.1, 0.15) is 13.2 Å². The van der Waals surface area contributed by atoms with E-state index in [1.165, 1.54) is 148 Å². The minimum Gasteiger partial charge on any atom is -0.387 e. The Hall–Kier alpha value is -2.84. The zero-order chi connectivity index (χ0) is 56.3. The Morgan fingerprint density at radius 3 is 1.19 bits per heavy atom. The van der Waals surface area contributed by atoms with Crippen molar-refractivity contribution >= 4 is 13.7 Å². The number of aliphatic hydroxyl groups is 1. The van der Waals surface area contributed by atoms with E-state index in [0.29, 0.717) is 17.4 Å². The Labute approximate surface area is 476 Å². The van der Waals surface area contributed by atoms with Crippen LogP contribution >= 0.6 is 7.82 Å². The highest BCUT2D eigenvalue weighted by atomic mass is 31.2. The van der Waals surface area contributed by atoms with Gasteiger partial charge in [-0.05, 0) is 96.3 Å². The molecule has 0 bridgehead atoms. The normalized spacial score (nSPS) is 14.5. The van der Waals surface area contributed by atoms with Crippen LogP contribution in [0.4, 0.5) is 0 Å². The molecule has 0 rings (SSSR count). The van der Waals surface area contributed by atoms with Gasteiger partial charge in [0.05, 0.1) is 39.9 Å². The molecule has 0 saturated carbocycles. The summed E-state index contributed by atoms with van der Waals surface area (Å²) < 4.78 is 23.7. The van der Waals surface area contributed by atoms with Gasteiger partial charge in [-0.25, -0.2) is 4.57 Å². The molecular formula is C68H122N2O6P+. The molecule has 3 N–H and O–H groups in total. The number of aliphatic hydroxyl groups excluding tert-OH is 1. The minimum atomic E-state index is -4.37. The Morgan fingerprint density at radius 1 is 0.455 bits per heavy atom. The molecule has 77 heavy (non-hydrogen) atoms. The van der Waals surface area contributed by atoms with Crippen LogP contribution < -0.4 is 5.32 Å². The SMILES string of the molecule is CC/C=C\C/C=C\C/C=C\C/C=C\C/C=C\C/C=C\CCCCCCCCCCC(=O)NC(COP(=O)(O)OCC[N+](C)(C)C)C(O)/C=C/CC/C=C/CC/C=C/CCCCCCCCCCCCCCCCCCCC. The third-order valence-corrected chi connectivity index (χ3v) is 14.7. The number of carbonyl (C=O) groups excluding carboxylic acids is 1. The molecule has 0 aliphatic rings. The van der Waals surface area contributed by atoms with E-state index in [0.717, 1.165) is 96.3 Å². The number of carbonyl (C=O) groups is 1. The molecule has 1 amide bonds. The topological polar surface area (TPSA) is 105 Å². The van der Waals surface area contributed by atoms with Gasteiger partial charge in [0.25, 0.3) is 0 Å². The number of amides is 1. The van der Waals surface area contributed by atoms with Gasteiger partial charge in [-0.15, -0.1) is 0 Å². The molecular weight excluding hydrogens is 972 g/mol. The molecule has 0 aliphatic carbocycles. The van der Waals surface area contributed by atoms with Crippen molar-refractivity contribution in [3.63, 3.8) is 0 Å². The Morgan fingerprint density at radius 2 is 0.792 bits per heavy atom. The lowest BCUT2D eigenvalue weighted by Gasteiger charge is -2.25. The first-order valence-electron chi connectivity index (χ1n) is 31.8. The predicted molar refractivity (Wildman–Crippen MR) is 336 cm³/mol. The van der Waals surface area contributed by atoms with Crippen molar-refractivity contribution in [3.05, 3.63) is 109 Å². The molecule has 9 heteroatoms. The highest BCUT2D eigenvalue weighted by Gasteiger charge is 2.27. The van der Waals surface area contributed by atoms with Crippen molar-refractivity contribution < 1.29 is 32.9 Å². The number of likely N-dealkylation sites (N-methyl/N-ethyl adjacent to an activating group) is 1. The average molecular weight is 1090 g/mol.